The lowest BCUT2D eigenvalue weighted by atomic mass is 10.2. The number of ether oxygens (including phenoxy) is 1. The van der Waals surface area contributed by atoms with E-state index < -0.39 is 0 Å². The van der Waals surface area contributed by atoms with Crippen molar-refractivity contribution in [3.05, 3.63) is 48.2 Å². The first-order valence-electron chi connectivity index (χ1n) is 6.76. The molecule has 5 heteroatoms. The highest BCUT2D eigenvalue weighted by Crippen LogP contribution is 2.19. The zero-order valence-electron chi connectivity index (χ0n) is 12.5. The Bertz CT molecular complexity index is 576. The molecule has 1 aromatic carbocycles. The molecule has 1 aromatic rings. The van der Waals surface area contributed by atoms with Crippen LogP contribution in [0.2, 0.25) is 0 Å². The van der Waals surface area contributed by atoms with Crippen LogP contribution in [-0.2, 0) is 0 Å². The second-order valence-electron chi connectivity index (χ2n) is 4.39. The molecule has 21 heavy (non-hydrogen) atoms. The highest BCUT2D eigenvalue weighted by molar-refractivity contribution is 14.2. The average molecular weight is 397 g/mol. The molecule has 0 radical (unpaired) electrons. The number of hydrogen-bond donors (Lipinski definition) is 0. The molecule has 0 bridgehead atoms. The van der Waals surface area contributed by atoms with Crippen molar-refractivity contribution in [3.8, 4) is 5.75 Å². The summed E-state index contributed by atoms with van der Waals surface area (Å²) in [6.45, 7) is 2.90. The molecule has 0 saturated heterocycles. The van der Waals surface area contributed by atoms with E-state index in [1.54, 1.807) is 7.11 Å². The first-order valence-corrected chi connectivity index (χ1v) is 8.97. The molecule has 112 valence electrons. The molecular formula is C16H20IN3O. The smallest absolute Gasteiger partial charge is 0.119 e. The lowest BCUT2D eigenvalue weighted by Gasteiger charge is -2.17. The van der Waals surface area contributed by atoms with Gasteiger partial charge in [-0.05, 0) is 73.9 Å². The zero-order chi connectivity index (χ0) is 15.1. The van der Waals surface area contributed by atoms with E-state index in [1.807, 2.05) is 35.5 Å². The van der Waals surface area contributed by atoms with Crippen molar-refractivity contribution in [2.75, 3.05) is 25.7 Å². The molecule has 0 unspecified atom stereocenters. The van der Waals surface area contributed by atoms with Crippen LogP contribution in [0.3, 0.4) is 0 Å². The summed E-state index contributed by atoms with van der Waals surface area (Å²) in [5.41, 5.74) is 2.17. The summed E-state index contributed by atoms with van der Waals surface area (Å²) in [7, 11) is 3.77. The van der Waals surface area contributed by atoms with Gasteiger partial charge < -0.3 is 7.85 Å². The Morgan fingerprint density at radius 1 is 1.33 bits per heavy atom. The number of allylic oxidation sites excluding steroid dienone is 3. The summed E-state index contributed by atoms with van der Waals surface area (Å²) in [4.78, 5) is 0. The molecule has 1 heterocycles. The van der Waals surface area contributed by atoms with Crippen molar-refractivity contribution < 1.29 is 4.74 Å². The third-order valence-electron chi connectivity index (χ3n) is 2.95. The van der Waals surface area contributed by atoms with Gasteiger partial charge in [0.25, 0.3) is 0 Å². The van der Waals surface area contributed by atoms with Gasteiger partial charge in [-0.2, -0.15) is 5.10 Å². The fourth-order valence-corrected chi connectivity index (χ4v) is 3.20. The van der Waals surface area contributed by atoms with Crippen molar-refractivity contribution in [2.45, 2.75) is 6.92 Å². The predicted molar refractivity (Wildman–Crippen MR) is 99.6 cm³/mol. The standard InChI is InChI=1S/C16H20IN3O/c1-4-20(15-5-7-16(21-3)8-6-15)18-13-14-9-11-17-19(2)12-10-14/h5-13H,4H2,1-3H3/b18-13+. The van der Waals surface area contributed by atoms with E-state index in [0.29, 0.717) is 0 Å². The van der Waals surface area contributed by atoms with Gasteiger partial charge in [0.15, 0.2) is 0 Å². The van der Waals surface area contributed by atoms with E-state index in [2.05, 4.69) is 44.5 Å². The lowest BCUT2D eigenvalue weighted by molar-refractivity contribution is 0.415. The summed E-state index contributed by atoms with van der Waals surface area (Å²) in [6, 6.07) is 7.93. The molecule has 0 amide bonds. The van der Waals surface area contributed by atoms with Gasteiger partial charge in [-0.15, -0.1) is 0 Å². The van der Waals surface area contributed by atoms with E-state index in [-0.39, 0.29) is 21.0 Å². The highest BCUT2D eigenvalue weighted by atomic mass is 127. The molecular weight excluding hydrogens is 377 g/mol. The molecule has 0 N–H and O–H groups in total. The maximum absolute atomic E-state index is 5.18. The number of hydrogen-bond acceptors (Lipinski definition) is 4. The van der Waals surface area contributed by atoms with E-state index in [0.717, 1.165) is 23.6 Å². The van der Waals surface area contributed by atoms with Gasteiger partial charge in [-0.3, -0.25) is 5.01 Å². The molecule has 0 spiro atoms. The number of nitrogens with zero attached hydrogens (tertiary/aromatic N) is 3. The monoisotopic (exact) mass is 397 g/mol. The second-order valence-corrected chi connectivity index (χ2v) is 7.19. The maximum atomic E-state index is 5.18. The lowest BCUT2D eigenvalue weighted by Crippen LogP contribution is -2.15. The molecule has 1 aliphatic heterocycles. The van der Waals surface area contributed by atoms with Gasteiger partial charge in [0.2, 0.25) is 0 Å². The maximum Gasteiger partial charge on any atom is 0.119 e. The van der Waals surface area contributed by atoms with E-state index in [1.165, 1.54) is 0 Å². The van der Waals surface area contributed by atoms with Crippen LogP contribution >= 0.6 is 21.0 Å². The van der Waals surface area contributed by atoms with Crippen LogP contribution in [0.1, 0.15) is 6.92 Å². The minimum absolute atomic E-state index is 0.0282. The van der Waals surface area contributed by atoms with Gasteiger partial charge in [0.05, 0.1) is 19.0 Å². The number of rotatable bonds is 5. The van der Waals surface area contributed by atoms with Crippen LogP contribution in [0.5, 0.6) is 5.75 Å². The van der Waals surface area contributed by atoms with E-state index in [4.69, 9.17) is 4.74 Å². The van der Waals surface area contributed by atoms with Crippen LogP contribution in [0.4, 0.5) is 5.69 Å². The minimum atomic E-state index is -0.0282. The fraction of sp³-hybridized carbons (Fsp3) is 0.250. The molecule has 1 aliphatic rings. The number of anilines is 1. The van der Waals surface area contributed by atoms with Crippen LogP contribution in [0.25, 0.3) is 0 Å². The first kappa shape index (κ1) is 15.8. The Morgan fingerprint density at radius 3 is 2.76 bits per heavy atom. The molecule has 4 nitrogen and oxygen atoms in total. The SMILES string of the molecule is CCN(/N=C/C1=CC=IN(C)C=C1)c1ccc(OC)cc1. The number of hydrazone groups is 1. The van der Waals surface area contributed by atoms with Crippen LogP contribution in [-0.4, -0.2) is 34.0 Å². The Labute approximate surface area is 136 Å². The summed E-state index contributed by atoms with van der Waals surface area (Å²) in [5, 5.41) is 6.55. The Hall–Kier alpha value is -1.63. The van der Waals surface area contributed by atoms with Gasteiger partial charge in [-0.25, -0.2) is 0 Å². The largest absolute Gasteiger partial charge is 0.497 e. The topological polar surface area (TPSA) is 28.1 Å². The van der Waals surface area contributed by atoms with Crippen LogP contribution in [0.15, 0.2) is 53.3 Å². The van der Waals surface area contributed by atoms with Gasteiger partial charge in [0, 0.05) is 19.8 Å². The predicted octanol–water partition coefficient (Wildman–Crippen LogP) is 3.58. The van der Waals surface area contributed by atoms with Crippen molar-refractivity contribution in [3.63, 3.8) is 0 Å². The van der Waals surface area contributed by atoms with Crippen molar-refractivity contribution in [1.82, 2.24) is 3.11 Å². The summed E-state index contributed by atoms with van der Waals surface area (Å²) in [6.07, 6.45) is 8.25. The van der Waals surface area contributed by atoms with Crippen molar-refractivity contribution >= 4 is 36.9 Å². The van der Waals surface area contributed by atoms with Gasteiger partial charge >= 0.3 is 0 Å². The third-order valence-corrected chi connectivity index (χ3v) is 4.84. The summed E-state index contributed by atoms with van der Waals surface area (Å²) in [5.74, 6) is 0.856. The Balaban J connectivity index is 2.11. The number of benzene rings is 1. The summed E-state index contributed by atoms with van der Waals surface area (Å²) < 4.78 is 9.65. The summed E-state index contributed by atoms with van der Waals surface area (Å²) >= 11 is -0.0282. The van der Waals surface area contributed by atoms with Gasteiger partial charge in [0.1, 0.15) is 5.75 Å². The normalized spacial score (nSPS) is 14.6. The fourth-order valence-electron chi connectivity index (χ4n) is 1.77. The van der Waals surface area contributed by atoms with Crippen molar-refractivity contribution in [1.29, 1.82) is 0 Å². The molecule has 0 aliphatic carbocycles. The first-order chi connectivity index (χ1) is 10.2. The Kier molecular flexibility index (Phi) is 5.98. The molecule has 0 aromatic heterocycles. The molecule has 0 saturated carbocycles. The van der Waals surface area contributed by atoms with Crippen molar-refractivity contribution in [2.24, 2.45) is 5.10 Å². The van der Waals surface area contributed by atoms with E-state index >= 15 is 0 Å². The zero-order valence-corrected chi connectivity index (χ0v) is 14.7. The molecule has 2 rings (SSSR count). The second kappa shape index (κ2) is 7.97. The van der Waals surface area contributed by atoms with Crippen LogP contribution < -0.4 is 9.75 Å². The number of halogens is 1. The highest BCUT2D eigenvalue weighted by Gasteiger charge is 2.02. The third kappa shape index (κ3) is 4.70. The molecule has 0 fully saturated rings. The Morgan fingerprint density at radius 2 is 2.10 bits per heavy atom. The number of methoxy groups -OCH3 is 1. The van der Waals surface area contributed by atoms with Crippen LogP contribution in [0, 0.1) is 0 Å². The average Bonchev–Trinajstić information content (AvgIpc) is 2.73. The molecule has 0 atom stereocenters. The van der Waals surface area contributed by atoms with Gasteiger partial charge in [-0.1, -0.05) is 0 Å². The van der Waals surface area contributed by atoms with E-state index in [9.17, 15) is 0 Å². The minimum Gasteiger partial charge on any atom is -0.497 e. The quantitative estimate of drug-likeness (QED) is 0.329.